The van der Waals surface area contributed by atoms with Gasteiger partial charge in [-0.3, -0.25) is 10.1 Å². The van der Waals surface area contributed by atoms with Gasteiger partial charge in [0, 0.05) is 13.1 Å². The number of nitrogens with one attached hydrogen (secondary N) is 2. The van der Waals surface area contributed by atoms with Crippen molar-refractivity contribution in [1.29, 1.82) is 0 Å². The van der Waals surface area contributed by atoms with Crippen LogP contribution in [0.2, 0.25) is 0 Å². The normalized spacial score (nSPS) is 24.4. The first-order chi connectivity index (χ1) is 8.28. The van der Waals surface area contributed by atoms with Gasteiger partial charge in [0.25, 0.3) is 5.91 Å². The first-order valence-electron chi connectivity index (χ1n) is 5.90. The van der Waals surface area contributed by atoms with Crippen LogP contribution in [0.1, 0.15) is 26.7 Å². The summed E-state index contributed by atoms with van der Waals surface area (Å²) in [6.45, 7) is 3.77. The van der Waals surface area contributed by atoms with E-state index in [2.05, 4.69) is 10.6 Å². The van der Waals surface area contributed by atoms with E-state index >= 15 is 0 Å². The maximum absolute atomic E-state index is 12.0. The minimum Gasteiger partial charge on any atom is -0.323 e. The Bertz CT molecular complexity index is 477. The Morgan fingerprint density at radius 2 is 1.78 bits per heavy atom. The van der Waals surface area contributed by atoms with Gasteiger partial charge in [-0.15, -0.1) is 0 Å². The van der Waals surface area contributed by atoms with Crippen molar-refractivity contribution in [1.82, 2.24) is 14.9 Å². The molecule has 2 saturated heterocycles. The maximum atomic E-state index is 12.0. The van der Waals surface area contributed by atoms with Gasteiger partial charge in [0.1, 0.15) is 5.54 Å². The molecule has 102 valence electrons. The molecule has 7 nitrogen and oxygen atoms in total. The van der Waals surface area contributed by atoms with Crippen molar-refractivity contribution in [2.75, 3.05) is 13.1 Å². The Labute approximate surface area is 106 Å². The Hall–Kier alpha value is -1.15. The third kappa shape index (κ3) is 1.99. The fraction of sp³-hybridized carbons (Fsp3) is 0.800. The number of carbonyl (C=O) groups excluding carboxylic acids is 2. The Kier molecular flexibility index (Phi) is 3.10. The lowest BCUT2D eigenvalue weighted by atomic mass is 9.89. The summed E-state index contributed by atoms with van der Waals surface area (Å²) < 4.78 is 25.3. The molecule has 0 aromatic carbocycles. The summed E-state index contributed by atoms with van der Waals surface area (Å²) in [6, 6.07) is -0.500. The van der Waals surface area contributed by atoms with Gasteiger partial charge in [-0.25, -0.2) is 17.5 Å². The highest BCUT2D eigenvalue weighted by Crippen LogP contribution is 2.27. The molecule has 0 atom stereocenters. The van der Waals surface area contributed by atoms with Crippen LogP contribution < -0.4 is 10.6 Å². The predicted molar refractivity (Wildman–Crippen MR) is 64.3 cm³/mol. The molecule has 3 amide bonds. The number of sulfonamides is 1. The fourth-order valence-electron chi connectivity index (χ4n) is 2.30. The monoisotopic (exact) mass is 275 g/mol. The largest absolute Gasteiger partial charge is 0.323 e. The van der Waals surface area contributed by atoms with Crippen LogP contribution >= 0.6 is 0 Å². The van der Waals surface area contributed by atoms with Gasteiger partial charge in [0.05, 0.1) is 5.25 Å². The lowest BCUT2D eigenvalue weighted by molar-refractivity contribution is -0.125. The van der Waals surface area contributed by atoms with Gasteiger partial charge in [-0.05, 0) is 26.7 Å². The highest BCUT2D eigenvalue weighted by molar-refractivity contribution is 7.89. The predicted octanol–water partition coefficient (Wildman–Crippen LogP) is -0.601. The van der Waals surface area contributed by atoms with Crippen LogP contribution in [0.25, 0.3) is 0 Å². The molecular formula is C10H17N3O4S. The van der Waals surface area contributed by atoms with Crippen molar-refractivity contribution >= 4 is 22.0 Å². The van der Waals surface area contributed by atoms with E-state index in [1.807, 2.05) is 0 Å². The summed E-state index contributed by atoms with van der Waals surface area (Å²) in [5.41, 5.74) is -0.917. The minimum atomic E-state index is -3.29. The zero-order valence-corrected chi connectivity index (χ0v) is 11.2. The zero-order chi connectivity index (χ0) is 13.6. The fourth-order valence-corrected chi connectivity index (χ4v) is 3.59. The van der Waals surface area contributed by atoms with E-state index in [0.29, 0.717) is 12.8 Å². The van der Waals surface area contributed by atoms with Crippen molar-refractivity contribution in [2.45, 2.75) is 37.5 Å². The minimum absolute atomic E-state index is 0.258. The summed E-state index contributed by atoms with van der Waals surface area (Å²) in [7, 11) is -3.29. The molecule has 2 rings (SSSR count). The molecule has 2 aliphatic heterocycles. The third-order valence-corrected chi connectivity index (χ3v) is 5.82. The van der Waals surface area contributed by atoms with E-state index in [-0.39, 0.29) is 19.0 Å². The molecule has 1 spiro atoms. The van der Waals surface area contributed by atoms with E-state index in [9.17, 15) is 18.0 Å². The first-order valence-corrected chi connectivity index (χ1v) is 7.41. The molecule has 18 heavy (non-hydrogen) atoms. The highest BCUT2D eigenvalue weighted by Gasteiger charge is 2.49. The molecule has 2 heterocycles. The van der Waals surface area contributed by atoms with Crippen LogP contribution in [0, 0.1) is 0 Å². The van der Waals surface area contributed by atoms with Crippen LogP contribution in [0.4, 0.5) is 4.79 Å². The molecule has 2 aliphatic rings. The zero-order valence-electron chi connectivity index (χ0n) is 10.4. The molecular weight excluding hydrogens is 258 g/mol. The summed E-state index contributed by atoms with van der Waals surface area (Å²) in [5, 5.41) is 4.32. The molecule has 8 heteroatoms. The summed E-state index contributed by atoms with van der Waals surface area (Å²) in [6.07, 6.45) is 0.632. The second-order valence-corrected chi connectivity index (χ2v) is 7.47. The summed E-state index contributed by atoms with van der Waals surface area (Å²) in [5.74, 6) is -0.353. The smallest absolute Gasteiger partial charge is 0.322 e. The van der Waals surface area contributed by atoms with E-state index in [1.165, 1.54) is 4.31 Å². The number of imide groups is 1. The summed E-state index contributed by atoms with van der Waals surface area (Å²) >= 11 is 0. The molecule has 0 aromatic rings. The van der Waals surface area contributed by atoms with Crippen molar-refractivity contribution in [3.8, 4) is 0 Å². The van der Waals surface area contributed by atoms with Crippen molar-refractivity contribution in [3.05, 3.63) is 0 Å². The second-order valence-electron chi connectivity index (χ2n) is 4.98. The van der Waals surface area contributed by atoms with Crippen molar-refractivity contribution in [2.24, 2.45) is 0 Å². The van der Waals surface area contributed by atoms with Crippen LogP contribution in [-0.4, -0.2) is 48.5 Å². The van der Waals surface area contributed by atoms with Crippen LogP contribution in [0.3, 0.4) is 0 Å². The van der Waals surface area contributed by atoms with Crippen molar-refractivity contribution in [3.63, 3.8) is 0 Å². The van der Waals surface area contributed by atoms with Gasteiger partial charge in [-0.2, -0.15) is 0 Å². The molecule has 0 aliphatic carbocycles. The molecule has 0 radical (unpaired) electrons. The lowest BCUT2D eigenvalue weighted by Crippen LogP contribution is -2.56. The quantitative estimate of drug-likeness (QED) is 0.658. The van der Waals surface area contributed by atoms with Crippen LogP contribution in [-0.2, 0) is 14.8 Å². The third-order valence-electron chi connectivity index (χ3n) is 3.55. The Morgan fingerprint density at radius 3 is 2.17 bits per heavy atom. The highest BCUT2D eigenvalue weighted by atomic mass is 32.2. The second kappa shape index (κ2) is 4.20. The number of hydrogen-bond acceptors (Lipinski definition) is 4. The van der Waals surface area contributed by atoms with E-state index in [0.717, 1.165) is 0 Å². The number of hydrogen-bond donors (Lipinski definition) is 2. The molecule has 0 unspecified atom stereocenters. The topological polar surface area (TPSA) is 95.6 Å². The SMILES string of the molecule is CC(C)S(=O)(=O)N1CCC2(CC1)NC(=O)NC2=O. The van der Waals surface area contributed by atoms with Gasteiger partial charge in [0.2, 0.25) is 10.0 Å². The standard InChI is InChI=1S/C10H17N3O4S/c1-7(2)18(16,17)13-5-3-10(4-6-13)8(14)11-9(15)12-10/h7H,3-6H2,1-2H3,(H2,11,12,14,15). The Balaban J connectivity index is 2.09. The van der Waals surface area contributed by atoms with Crippen LogP contribution in [0.5, 0.6) is 0 Å². The number of carbonyl (C=O) groups is 2. The average Bonchev–Trinajstić information content (AvgIpc) is 2.54. The van der Waals surface area contributed by atoms with E-state index in [1.54, 1.807) is 13.8 Å². The number of amides is 3. The number of nitrogens with zero attached hydrogens (tertiary/aromatic N) is 1. The van der Waals surface area contributed by atoms with Gasteiger partial charge >= 0.3 is 6.03 Å². The van der Waals surface area contributed by atoms with Gasteiger partial charge in [0.15, 0.2) is 0 Å². The lowest BCUT2D eigenvalue weighted by Gasteiger charge is -2.36. The van der Waals surface area contributed by atoms with Crippen LogP contribution in [0.15, 0.2) is 0 Å². The first kappa shape index (κ1) is 13.3. The molecule has 0 aromatic heterocycles. The average molecular weight is 275 g/mol. The molecule has 2 N–H and O–H groups in total. The van der Waals surface area contributed by atoms with E-state index in [4.69, 9.17) is 0 Å². The van der Waals surface area contributed by atoms with Gasteiger partial charge in [-0.1, -0.05) is 0 Å². The molecule has 2 fully saturated rings. The van der Waals surface area contributed by atoms with Gasteiger partial charge < -0.3 is 5.32 Å². The van der Waals surface area contributed by atoms with E-state index < -0.39 is 26.8 Å². The molecule has 0 saturated carbocycles. The Morgan fingerprint density at radius 1 is 1.22 bits per heavy atom. The molecule has 0 bridgehead atoms. The number of rotatable bonds is 2. The van der Waals surface area contributed by atoms with Crippen molar-refractivity contribution < 1.29 is 18.0 Å². The number of piperidine rings is 1. The summed E-state index contributed by atoms with van der Waals surface area (Å²) in [4.78, 5) is 22.8. The number of urea groups is 1. The maximum Gasteiger partial charge on any atom is 0.322 e.